The second-order valence-electron chi connectivity index (χ2n) is 6.22. The predicted molar refractivity (Wildman–Crippen MR) is 84.6 cm³/mol. The Bertz CT molecular complexity index is 520. The van der Waals surface area contributed by atoms with E-state index in [0.29, 0.717) is 19.5 Å². The largest absolute Gasteiger partial charge is 0.444 e. The first-order valence-electron chi connectivity index (χ1n) is 7.23. The maximum absolute atomic E-state index is 12.0. The number of amides is 1. The van der Waals surface area contributed by atoms with Crippen molar-refractivity contribution in [2.45, 2.75) is 45.9 Å². The smallest absolute Gasteiger partial charge is 0.410 e. The van der Waals surface area contributed by atoms with Crippen LogP contribution in [0.5, 0.6) is 0 Å². The van der Waals surface area contributed by atoms with Gasteiger partial charge in [-0.1, -0.05) is 18.2 Å². The van der Waals surface area contributed by atoms with E-state index < -0.39 is 5.60 Å². The number of fused-ring (bicyclic) bond motifs is 1. The van der Waals surface area contributed by atoms with Crippen molar-refractivity contribution in [1.29, 1.82) is 0 Å². The maximum Gasteiger partial charge on any atom is 0.410 e. The molecular weight excluding hydrogens is 282 g/mol. The van der Waals surface area contributed by atoms with E-state index in [9.17, 15) is 9.59 Å². The molecule has 2 rings (SSSR count). The molecule has 1 amide bonds. The van der Waals surface area contributed by atoms with Crippen LogP contribution in [0.15, 0.2) is 18.2 Å². The monoisotopic (exact) mass is 307 g/mol. The Kier molecular flexibility index (Phi) is 6.56. The van der Waals surface area contributed by atoms with Crippen LogP contribution >= 0.6 is 0 Å². The fourth-order valence-corrected chi connectivity index (χ4v) is 2.13. The number of hydrogen-bond donors (Lipinski definition) is 0. The molecule has 1 aliphatic rings. The van der Waals surface area contributed by atoms with Crippen LogP contribution in [0.1, 0.15) is 37.5 Å². The average molecular weight is 307 g/mol. The molecule has 0 bridgehead atoms. The van der Waals surface area contributed by atoms with Crippen LogP contribution in [0, 0.1) is 0 Å². The molecule has 0 fully saturated rings. The first-order valence-corrected chi connectivity index (χ1v) is 7.23. The average Bonchev–Trinajstić information content (AvgIpc) is 2.81. The summed E-state index contributed by atoms with van der Waals surface area (Å²) in [5.74, 6) is 0. The first kappa shape index (κ1) is 18.2. The summed E-state index contributed by atoms with van der Waals surface area (Å²) in [6.45, 7) is 6.70. The number of hydrogen-bond acceptors (Lipinski definition) is 4. The van der Waals surface area contributed by atoms with Crippen molar-refractivity contribution < 1.29 is 19.1 Å². The van der Waals surface area contributed by atoms with E-state index in [1.54, 1.807) is 19.1 Å². The van der Waals surface area contributed by atoms with E-state index in [4.69, 9.17) is 4.74 Å². The molecular formula is C17H25NO4. The van der Waals surface area contributed by atoms with Gasteiger partial charge in [0.2, 0.25) is 0 Å². The molecule has 5 nitrogen and oxygen atoms in total. The second kappa shape index (κ2) is 7.94. The summed E-state index contributed by atoms with van der Waals surface area (Å²) in [5, 5.41) is 0. The van der Waals surface area contributed by atoms with Crippen molar-refractivity contribution in [3.8, 4) is 0 Å². The van der Waals surface area contributed by atoms with Crippen LogP contribution in [0.25, 0.3) is 0 Å². The van der Waals surface area contributed by atoms with Gasteiger partial charge < -0.3 is 14.3 Å². The lowest BCUT2D eigenvalue weighted by molar-refractivity contribution is -0.107. The second-order valence-corrected chi connectivity index (χ2v) is 6.22. The minimum absolute atomic E-state index is 0.291. The molecule has 122 valence electrons. The lowest BCUT2D eigenvalue weighted by Crippen LogP contribution is -2.33. The minimum Gasteiger partial charge on any atom is -0.444 e. The molecule has 0 radical (unpaired) electrons. The zero-order valence-electron chi connectivity index (χ0n) is 14.0. The minimum atomic E-state index is -0.478. The number of rotatable bonds is 2. The molecule has 0 N–H and O–H groups in total. The van der Waals surface area contributed by atoms with E-state index in [2.05, 4.69) is 4.74 Å². The van der Waals surface area contributed by atoms with Gasteiger partial charge in [-0.05, 0) is 37.5 Å². The summed E-state index contributed by atoms with van der Waals surface area (Å²) in [4.78, 5) is 24.2. The number of benzene rings is 1. The van der Waals surface area contributed by atoms with E-state index in [1.165, 1.54) is 0 Å². The van der Waals surface area contributed by atoms with E-state index in [1.807, 2.05) is 39.0 Å². The molecule has 0 atom stereocenters. The Balaban J connectivity index is 0.000000745. The number of carbonyl (C=O) groups excluding carboxylic acids is 2. The van der Waals surface area contributed by atoms with Crippen LogP contribution in [0.2, 0.25) is 0 Å². The van der Waals surface area contributed by atoms with Crippen molar-refractivity contribution in [3.63, 3.8) is 0 Å². The molecule has 0 aliphatic carbocycles. The standard InChI is InChI=1S/C15H19NO3.C2H6O/c1-15(2,3)19-14(18)16-9-12-5-4-11(6-7-17)8-13(12)10-16;1-3-2/h4-5,7-8H,6,9-10H2,1-3H3;1-2H3. The van der Waals surface area contributed by atoms with E-state index >= 15 is 0 Å². The van der Waals surface area contributed by atoms with Crippen LogP contribution < -0.4 is 0 Å². The van der Waals surface area contributed by atoms with Gasteiger partial charge in [0.05, 0.1) is 0 Å². The third-order valence-corrected chi connectivity index (χ3v) is 2.96. The molecule has 0 unspecified atom stereocenters. The highest BCUT2D eigenvalue weighted by Crippen LogP contribution is 2.25. The van der Waals surface area contributed by atoms with Crippen molar-refractivity contribution >= 4 is 12.4 Å². The van der Waals surface area contributed by atoms with Crippen molar-refractivity contribution in [2.24, 2.45) is 0 Å². The normalized spacial score (nSPS) is 13.0. The fourth-order valence-electron chi connectivity index (χ4n) is 2.13. The quantitative estimate of drug-likeness (QED) is 0.788. The number of nitrogens with zero attached hydrogens (tertiary/aromatic N) is 1. The van der Waals surface area contributed by atoms with Gasteiger partial charge in [-0.3, -0.25) is 4.90 Å². The lowest BCUT2D eigenvalue weighted by atomic mass is 10.1. The van der Waals surface area contributed by atoms with Crippen LogP contribution in [0.4, 0.5) is 4.79 Å². The van der Waals surface area contributed by atoms with Crippen molar-refractivity contribution in [2.75, 3.05) is 14.2 Å². The van der Waals surface area contributed by atoms with E-state index in [0.717, 1.165) is 23.0 Å². The summed E-state index contributed by atoms with van der Waals surface area (Å²) in [5.41, 5.74) is 2.74. The van der Waals surface area contributed by atoms with Gasteiger partial charge in [0.25, 0.3) is 0 Å². The molecule has 1 aromatic rings. The molecule has 1 heterocycles. The highest BCUT2D eigenvalue weighted by Gasteiger charge is 2.27. The van der Waals surface area contributed by atoms with Gasteiger partial charge in [0.15, 0.2) is 0 Å². The molecule has 0 saturated heterocycles. The summed E-state index contributed by atoms with van der Waals surface area (Å²) in [7, 11) is 3.25. The predicted octanol–water partition coefficient (Wildman–Crippen LogP) is 2.94. The Morgan fingerprint density at radius 2 is 1.82 bits per heavy atom. The Morgan fingerprint density at radius 3 is 2.36 bits per heavy atom. The Morgan fingerprint density at radius 1 is 1.23 bits per heavy atom. The Hall–Kier alpha value is -1.88. The summed E-state index contributed by atoms with van der Waals surface area (Å²) >= 11 is 0. The first-order chi connectivity index (χ1) is 10.3. The molecule has 0 saturated carbocycles. The van der Waals surface area contributed by atoms with Gasteiger partial charge in [-0.15, -0.1) is 0 Å². The van der Waals surface area contributed by atoms with E-state index in [-0.39, 0.29) is 6.09 Å². The van der Waals surface area contributed by atoms with Gasteiger partial charge in [0, 0.05) is 33.7 Å². The third-order valence-electron chi connectivity index (χ3n) is 2.96. The van der Waals surface area contributed by atoms with Gasteiger partial charge in [-0.25, -0.2) is 4.79 Å². The summed E-state index contributed by atoms with van der Waals surface area (Å²) < 4.78 is 9.61. The molecule has 0 spiro atoms. The van der Waals surface area contributed by atoms with Crippen LogP contribution in [0.3, 0.4) is 0 Å². The fraction of sp³-hybridized carbons (Fsp3) is 0.529. The number of ether oxygens (including phenoxy) is 2. The SMILES string of the molecule is CC(C)(C)OC(=O)N1Cc2ccc(CC=O)cc2C1.COC. The van der Waals surface area contributed by atoms with Crippen molar-refractivity contribution in [3.05, 3.63) is 34.9 Å². The topological polar surface area (TPSA) is 55.8 Å². The maximum atomic E-state index is 12.0. The zero-order valence-corrected chi connectivity index (χ0v) is 14.0. The zero-order chi connectivity index (χ0) is 16.8. The van der Waals surface area contributed by atoms with Gasteiger partial charge >= 0.3 is 6.09 Å². The van der Waals surface area contributed by atoms with Gasteiger partial charge in [-0.2, -0.15) is 0 Å². The number of carbonyl (C=O) groups is 2. The number of aldehydes is 1. The number of methoxy groups -OCH3 is 1. The highest BCUT2D eigenvalue weighted by molar-refractivity contribution is 5.69. The molecule has 5 heteroatoms. The summed E-state index contributed by atoms with van der Waals surface area (Å²) in [6.07, 6.45) is 1.02. The summed E-state index contributed by atoms with van der Waals surface area (Å²) in [6, 6.07) is 5.92. The van der Waals surface area contributed by atoms with Crippen molar-refractivity contribution in [1.82, 2.24) is 4.90 Å². The highest BCUT2D eigenvalue weighted by atomic mass is 16.6. The Labute approximate surface area is 132 Å². The third kappa shape index (κ3) is 5.48. The van der Waals surface area contributed by atoms with Crippen LogP contribution in [-0.2, 0) is 33.8 Å². The molecule has 22 heavy (non-hydrogen) atoms. The molecule has 1 aliphatic heterocycles. The lowest BCUT2D eigenvalue weighted by Gasteiger charge is -2.24. The molecule has 1 aromatic carbocycles. The van der Waals surface area contributed by atoms with Gasteiger partial charge in [0.1, 0.15) is 11.9 Å². The van der Waals surface area contributed by atoms with Crippen LogP contribution in [-0.4, -0.2) is 37.1 Å². The molecule has 0 aromatic heterocycles.